The molecule has 1 aromatic heterocycles. The number of carbonyl (C=O) groups is 2. The van der Waals surface area contributed by atoms with Crippen LogP contribution in [0, 0.1) is 0 Å². The van der Waals surface area contributed by atoms with Gasteiger partial charge in [0.25, 0.3) is 5.91 Å². The smallest absolute Gasteiger partial charge is 0.337 e. The highest BCUT2D eigenvalue weighted by molar-refractivity contribution is 6.04. The molecule has 1 heterocycles. The number of benzene rings is 2. The van der Waals surface area contributed by atoms with E-state index in [-0.39, 0.29) is 5.91 Å². The molecule has 2 aromatic carbocycles. The van der Waals surface area contributed by atoms with Gasteiger partial charge in [-0.05, 0) is 29.8 Å². The summed E-state index contributed by atoms with van der Waals surface area (Å²) in [5.74, 6) is -0.704. The van der Waals surface area contributed by atoms with Gasteiger partial charge in [-0.1, -0.05) is 30.3 Å². The molecule has 0 fully saturated rings. The van der Waals surface area contributed by atoms with Crippen LogP contribution in [0.5, 0.6) is 0 Å². The number of anilines is 1. The molecule has 0 atom stereocenters. The molecule has 6 heteroatoms. The Balaban J connectivity index is 1.64. The summed E-state index contributed by atoms with van der Waals surface area (Å²) >= 11 is 0. The number of aromatic nitrogens is 2. The van der Waals surface area contributed by atoms with Crippen LogP contribution in [0.4, 0.5) is 5.69 Å². The third-order valence-corrected chi connectivity index (χ3v) is 3.65. The highest BCUT2D eigenvalue weighted by Crippen LogP contribution is 2.11. The van der Waals surface area contributed by atoms with Crippen molar-refractivity contribution in [2.24, 2.45) is 0 Å². The third-order valence-electron chi connectivity index (χ3n) is 3.65. The number of hydrogen-bond donors (Lipinski definition) is 1. The molecule has 0 saturated carbocycles. The van der Waals surface area contributed by atoms with Crippen LogP contribution >= 0.6 is 0 Å². The molecule has 0 saturated heterocycles. The summed E-state index contributed by atoms with van der Waals surface area (Å²) < 4.78 is 6.39. The first kappa shape index (κ1) is 16.4. The Hall–Kier alpha value is -3.41. The van der Waals surface area contributed by atoms with E-state index in [2.05, 4.69) is 15.2 Å². The number of rotatable bonds is 5. The maximum atomic E-state index is 12.3. The van der Waals surface area contributed by atoms with Crippen molar-refractivity contribution >= 4 is 17.6 Å². The highest BCUT2D eigenvalue weighted by Gasteiger charge is 2.10. The van der Waals surface area contributed by atoms with Gasteiger partial charge in [0.2, 0.25) is 0 Å². The second kappa shape index (κ2) is 7.44. The van der Waals surface area contributed by atoms with Crippen LogP contribution in [-0.4, -0.2) is 28.8 Å². The predicted molar refractivity (Wildman–Crippen MR) is 93.5 cm³/mol. The topological polar surface area (TPSA) is 73.2 Å². The normalized spacial score (nSPS) is 10.3. The average molecular weight is 335 g/mol. The summed E-state index contributed by atoms with van der Waals surface area (Å²) in [4.78, 5) is 23.7. The fraction of sp³-hybridized carbons (Fsp3) is 0.105. The lowest BCUT2D eigenvalue weighted by Gasteiger charge is -2.04. The van der Waals surface area contributed by atoms with E-state index in [9.17, 15) is 9.59 Å². The number of nitrogens with one attached hydrogen (secondary N) is 1. The Morgan fingerprint density at radius 2 is 1.72 bits per heavy atom. The van der Waals surface area contributed by atoms with Crippen molar-refractivity contribution in [3.05, 3.63) is 83.7 Å². The first-order chi connectivity index (χ1) is 12.2. The van der Waals surface area contributed by atoms with Crippen LogP contribution in [0.25, 0.3) is 0 Å². The van der Waals surface area contributed by atoms with Crippen molar-refractivity contribution in [2.75, 3.05) is 12.4 Å². The second-order valence-electron chi connectivity index (χ2n) is 5.44. The van der Waals surface area contributed by atoms with Crippen LogP contribution < -0.4 is 5.32 Å². The van der Waals surface area contributed by atoms with Crippen LogP contribution in [0.3, 0.4) is 0 Å². The van der Waals surface area contributed by atoms with E-state index in [1.807, 2.05) is 30.3 Å². The van der Waals surface area contributed by atoms with Crippen molar-refractivity contribution in [2.45, 2.75) is 6.54 Å². The fourth-order valence-corrected chi connectivity index (χ4v) is 2.36. The van der Waals surface area contributed by atoms with Gasteiger partial charge >= 0.3 is 5.97 Å². The van der Waals surface area contributed by atoms with Gasteiger partial charge in [-0.2, -0.15) is 5.10 Å². The second-order valence-corrected chi connectivity index (χ2v) is 5.44. The monoisotopic (exact) mass is 335 g/mol. The van der Waals surface area contributed by atoms with Gasteiger partial charge < -0.3 is 10.1 Å². The standard InChI is InChI=1S/C19H17N3O3/c1-25-19(24)16-9-7-15(8-10-16)18(23)21-17-11-20-22(13-17)12-14-5-3-2-4-6-14/h2-11,13H,12H2,1H3,(H,21,23). The van der Waals surface area contributed by atoms with Gasteiger partial charge in [-0.25, -0.2) is 4.79 Å². The molecule has 126 valence electrons. The van der Waals surface area contributed by atoms with Crippen LogP contribution in [0.2, 0.25) is 0 Å². The number of ether oxygens (including phenoxy) is 1. The lowest BCUT2D eigenvalue weighted by molar-refractivity contribution is 0.0600. The number of esters is 1. The molecule has 3 aromatic rings. The molecule has 6 nitrogen and oxygen atoms in total. The molecule has 0 aliphatic heterocycles. The summed E-state index contributed by atoms with van der Waals surface area (Å²) in [5, 5.41) is 7.04. The van der Waals surface area contributed by atoms with Crippen LogP contribution in [0.15, 0.2) is 67.0 Å². The summed E-state index contributed by atoms with van der Waals surface area (Å²) in [5.41, 5.74) is 2.58. The summed E-state index contributed by atoms with van der Waals surface area (Å²) in [6, 6.07) is 16.2. The van der Waals surface area contributed by atoms with Gasteiger partial charge in [-0.15, -0.1) is 0 Å². The van der Waals surface area contributed by atoms with Crippen molar-refractivity contribution in [1.29, 1.82) is 0 Å². The molecule has 3 rings (SSSR count). The molecular formula is C19H17N3O3. The first-order valence-corrected chi connectivity index (χ1v) is 7.72. The molecular weight excluding hydrogens is 318 g/mol. The van der Waals surface area contributed by atoms with Crippen molar-refractivity contribution in [3.63, 3.8) is 0 Å². The SMILES string of the molecule is COC(=O)c1ccc(C(=O)Nc2cnn(Cc3ccccc3)c2)cc1. The van der Waals surface area contributed by atoms with Gasteiger partial charge in [0.15, 0.2) is 0 Å². The summed E-state index contributed by atoms with van der Waals surface area (Å²) in [6.45, 7) is 0.630. The van der Waals surface area contributed by atoms with E-state index >= 15 is 0 Å². The zero-order chi connectivity index (χ0) is 17.6. The van der Waals surface area contributed by atoms with E-state index in [0.29, 0.717) is 23.4 Å². The Bertz CT molecular complexity index is 870. The van der Waals surface area contributed by atoms with Gasteiger partial charge in [0, 0.05) is 11.8 Å². The molecule has 1 amide bonds. The van der Waals surface area contributed by atoms with E-state index in [4.69, 9.17) is 0 Å². The lowest BCUT2D eigenvalue weighted by atomic mass is 10.1. The minimum absolute atomic E-state index is 0.268. The third kappa shape index (κ3) is 4.11. The quantitative estimate of drug-likeness (QED) is 0.728. The summed E-state index contributed by atoms with van der Waals surface area (Å²) in [7, 11) is 1.32. The van der Waals surface area contributed by atoms with E-state index in [1.165, 1.54) is 7.11 Å². The number of hydrogen-bond acceptors (Lipinski definition) is 4. The van der Waals surface area contributed by atoms with Crippen molar-refractivity contribution in [1.82, 2.24) is 9.78 Å². The highest BCUT2D eigenvalue weighted by atomic mass is 16.5. The number of nitrogens with zero attached hydrogens (tertiary/aromatic N) is 2. The Labute approximate surface area is 145 Å². The van der Waals surface area contributed by atoms with Crippen molar-refractivity contribution < 1.29 is 14.3 Å². The van der Waals surface area contributed by atoms with Gasteiger partial charge in [-0.3, -0.25) is 9.48 Å². The molecule has 0 aliphatic carbocycles. The molecule has 0 unspecified atom stereocenters. The summed E-state index contributed by atoms with van der Waals surface area (Å²) in [6.07, 6.45) is 3.37. The Morgan fingerprint density at radius 3 is 2.40 bits per heavy atom. The number of methoxy groups -OCH3 is 1. The predicted octanol–water partition coefficient (Wildman–Crippen LogP) is 2.97. The molecule has 1 N–H and O–H groups in total. The fourth-order valence-electron chi connectivity index (χ4n) is 2.36. The van der Waals surface area contributed by atoms with Crippen LogP contribution in [-0.2, 0) is 11.3 Å². The minimum atomic E-state index is -0.436. The Morgan fingerprint density at radius 1 is 1.04 bits per heavy atom. The molecule has 0 bridgehead atoms. The van der Waals surface area contributed by atoms with Crippen LogP contribution in [0.1, 0.15) is 26.3 Å². The molecule has 0 radical (unpaired) electrons. The maximum Gasteiger partial charge on any atom is 0.337 e. The zero-order valence-electron chi connectivity index (χ0n) is 13.7. The lowest BCUT2D eigenvalue weighted by Crippen LogP contribution is -2.12. The minimum Gasteiger partial charge on any atom is -0.465 e. The number of carbonyl (C=O) groups excluding carboxylic acids is 2. The zero-order valence-corrected chi connectivity index (χ0v) is 13.7. The van der Waals surface area contributed by atoms with E-state index in [0.717, 1.165) is 5.56 Å². The first-order valence-electron chi connectivity index (χ1n) is 7.72. The maximum absolute atomic E-state index is 12.3. The van der Waals surface area contributed by atoms with E-state index < -0.39 is 5.97 Å². The van der Waals surface area contributed by atoms with Gasteiger partial charge in [0.1, 0.15) is 0 Å². The molecule has 0 spiro atoms. The largest absolute Gasteiger partial charge is 0.465 e. The average Bonchev–Trinajstić information content (AvgIpc) is 3.08. The Kier molecular flexibility index (Phi) is 4.89. The van der Waals surface area contributed by atoms with E-state index in [1.54, 1.807) is 41.3 Å². The van der Waals surface area contributed by atoms with Crippen molar-refractivity contribution in [3.8, 4) is 0 Å². The van der Waals surface area contributed by atoms with Gasteiger partial charge in [0.05, 0.1) is 31.1 Å². The number of amides is 1. The molecule has 25 heavy (non-hydrogen) atoms. The molecule has 0 aliphatic rings.